The van der Waals surface area contributed by atoms with Gasteiger partial charge in [-0.25, -0.2) is 0 Å². The monoisotopic (exact) mass is 386 g/mol. The first-order valence-corrected chi connectivity index (χ1v) is 9.98. The standard InChI is InChI=1S/C21H30N4OS/c1-14(2)13-25-20(17-12-15(3)24(16(17)4)10-11-26-5)19(23-21(25)27)18-8-6-7-9-22-18/h6-9,12,14,19-20H,10-11,13H2,1-5H3,(H,23,27). The highest BCUT2D eigenvalue weighted by molar-refractivity contribution is 7.80. The summed E-state index contributed by atoms with van der Waals surface area (Å²) >= 11 is 5.73. The molecule has 6 heteroatoms. The topological polar surface area (TPSA) is 42.3 Å². The lowest BCUT2D eigenvalue weighted by Crippen LogP contribution is -2.33. The highest BCUT2D eigenvalue weighted by Crippen LogP contribution is 2.41. The molecule has 5 nitrogen and oxygen atoms in total. The number of pyridine rings is 1. The number of rotatable bonds is 7. The van der Waals surface area contributed by atoms with Gasteiger partial charge in [-0.05, 0) is 55.7 Å². The third-order valence-corrected chi connectivity index (χ3v) is 5.56. The molecule has 1 N–H and O–H groups in total. The molecule has 1 aliphatic rings. The second-order valence-corrected chi connectivity index (χ2v) is 8.03. The number of nitrogens with one attached hydrogen (secondary N) is 1. The number of nitrogens with zero attached hydrogens (tertiary/aromatic N) is 3. The summed E-state index contributed by atoms with van der Waals surface area (Å²) in [5.41, 5.74) is 4.86. The third-order valence-electron chi connectivity index (χ3n) is 5.21. The minimum Gasteiger partial charge on any atom is -0.383 e. The number of methoxy groups -OCH3 is 1. The van der Waals surface area contributed by atoms with Crippen molar-refractivity contribution in [1.29, 1.82) is 0 Å². The SMILES string of the molecule is COCCn1c(C)cc(C2C(c3ccccn3)NC(=S)N2CC(C)C)c1C. The predicted octanol–water partition coefficient (Wildman–Crippen LogP) is 3.77. The van der Waals surface area contributed by atoms with E-state index in [9.17, 15) is 0 Å². The van der Waals surface area contributed by atoms with E-state index in [4.69, 9.17) is 17.0 Å². The van der Waals surface area contributed by atoms with Gasteiger partial charge < -0.3 is 19.5 Å². The van der Waals surface area contributed by atoms with Gasteiger partial charge in [0.05, 0.1) is 24.4 Å². The van der Waals surface area contributed by atoms with Crippen LogP contribution in [-0.4, -0.2) is 39.8 Å². The highest BCUT2D eigenvalue weighted by atomic mass is 32.1. The molecule has 2 aromatic rings. The third kappa shape index (κ3) is 4.01. The Morgan fingerprint density at radius 1 is 1.30 bits per heavy atom. The smallest absolute Gasteiger partial charge is 0.170 e. The number of aryl methyl sites for hydroxylation is 1. The second kappa shape index (κ2) is 8.40. The molecule has 0 saturated carbocycles. The van der Waals surface area contributed by atoms with Gasteiger partial charge in [-0.15, -0.1) is 0 Å². The van der Waals surface area contributed by atoms with Crippen molar-refractivity contribution in [1.82, 2.24) is 19.8 Å². The van der Waals surface area contributed by atoms with Gasteiger partial charge in [0.25, 0.3) is 0 Å². The molecule has 3 heterocycles. The molecule has 146 valence electrons. The molecule has 3 rings (SSSR count). The van der Waals surface area contributed by atoms with Gasteiger partial charge in [0.15, 0.2) is 5.11 Å². The lowest BCUT2D eigenvalue weighted by atomic mass is 9.96. The van der Waals surface area contributed by atoms with Crippen molar-refractivity contribution < 1.29 is 4.74 Å². The maximum absolute atomic E-state index is 5.73. The Morgan fingerprint density at radius 3 is 2.70 bits per heavy atom. The fourth-order valence-corrected chi connectivity index (χ4v) is 4.30. The molecule has 0 aromatic carbocycles. The van der Waals surface area contributed by atoms with Crippen LogP contribution in [0.5, 0.6) is 0 Å². The maximum atomic E-state index is 5.73. The minimum absolute atomic E-state index is 0.0498. The van der Waals surface area contributed by atoms with Crippen LogP contribution in [0.3, 0.4) is 0 Å². The van der Waals surface area contributed by atoms with E-state index >= 15 is 0 Å². The first-order chi connectivity index (χ1) is 12.9. The van der Waals surface area contributed by atoms with E-state index < -0.39 is 0 Å². The van der Waals surface area contributed by atoms with Gasteiger partial charge in [0.2, 0.25) is 0 Å². The molecule has 0 radical (unpaired) electrons. The van der Waals surface area contributed by atoms with E-state index in [1.165, 1.54) is 17.0 Å². The molecule has 1 saturated heterocycles. The largest absolute Gasteiger partial charge is 0.383 e. The van der Waals surface area contributed by atoms with Crippen LogP contribution >= 0.6 is 12.2 Å². The van der Waals surface area contributed by atoms with Crippen molar-refractivity contribution >= 4 is 17.3 Å². The molecule has 1 aliphatic heterocycles. The van der Waals surface area contributed by atoms with E-state index in [1.54, 1.807) is 7.11 Å². The van der Waals surface area contributed by atoms with Gasteiger partial charge in [-0.2, -0.15) is 0 Å². The average Bonchev–Trinajstić information content (AvgIpc) is 3.10. The molecule has 2 unspecified atom stereocenters. The summed E-state index contributed by atoms with van der Waals surface area (Å²) in [5, 5.41) is 4.35. The molecule has 27 heavy (non-hydrogen) atoms. The summed E-state index contributed by atoms with van der Waals surface area (Å²) in [6.07, 6.45) is 1.85. The van der Waals surface area contributed by atoms with Gasteiger partial charge in [-0.1, -0.05) is 19.9 Å². The fourth-order valence-electron chi connectivity index (χ4n) is 3.99. The Kier molecular flexibility index (Phi) is 6.17. The maximum Gasteiger partial charge on any atom is 0.170 e. The van der Waals surface area contributed by atoms with Gasteiger partial charge in [0, 0.05) is 37.8 Å². The summed E-state index contributed by atoms with van der Waals surface area (Å²) in [6.45, 7) is 11.3. The van der Waals surface area contributed by atoms with Crippen molar-refractivity contribution in [3.63, 3.8) is 0 Å². The molecular weight excluding hydrogens is 356 g/mol. The normalized spacial score (nSPS) is 19.8. The van der Waals surface area contributed by atoms with Crippen LogP contribution in [0, 0.1) is 19.8 Å². The van der Waals surface area contributed by atoms with E-state index in [0.29, 0.717) is 12.5 Å². The number of thiocarbonyl (C=S) groups is 1. The Labute approximate surface area is 167 Å². The van der Waals surface area contributed by atoms with Crippen LogP contribution in [0.1, 0.15) is 48.6 Å². The molecule has 0 aliphatic carbocycles. The minimum atomic E-state index is 0.0498. The van der Waals surface area contributed by atoms with Gasteiger partial charge >= 0.3 is 0 Å². The molecule has 0 bridgehead atoms. The Bertz CT molecular complexity index is 787. The summed E-state index contributed by atoms with van der Waals surface area (Å²) in [5.74, 6) is 0.520. The zero-order chi connectivity index (χ0) is 19.6. The number of hydrogen-bond acceptors (Lipinski definition) is 3. The number of ether oxygens (including phenoxy) is 1. The van der Waals surface area contributed by atoms with Crippen LogP contribution in [0.15, 0.2) is 30.5 Å². The molecule has 1 fully saturated rings. The zero-order valence-electron chi connectivity index (χ0n) is 16.9. The summed E-state index contributed by atoms with van der Waals surface area (Å²) < 4.78 is 7.63. The lowest BCUT2D eigenvalue weighted by Gasteiger charge is -2.29. The van der Waals surface area contributed by atoms with Crippen molar-refractivity contribution in [2.24, 2.45) is 5.92 Å². The number of aromatic nitrogens is 2. The van der Waals surface area contributed by atoms with Crippen LogP contribution < -0.4 is 5.32 Å². The molecule has 2 atom stereocenters. The van der Waals surface area contributed by atoms with Gasteiger partial charge in [0.1, 0.15) is 0 Å². The molecular formula is C21H30N4OS. The van der Waals surface area contributed by atoms with Crippen molar-refractivity contribution in [3.8, 4) is 0 Å². The van der Waals surface area contributed by atoms with Gasteiger partial charge in [-0.3, -0.25) is 4.98 Å². The number of hydrogen-bond donors (Lipinski definition) is 1. The predicted molar refractivity (Wildman–Crippen MR) is 113 cm³/mol. The van der Waals surface area contributed by atoms with E-state index in [-0.39, 0.29) is 12.1 Å². The Hall–Kier alpha value is -1.92. The molecule has 0 spiro atoms. The highest BCUT2D eigenvalue weighted by Gasteiger charge is 2.41. The van der Waals surface area contributed by atoms with E-state index in [0.717, 1.165) is 23.9 Å². The van der Waals surface area contributed by atoms with E-state index in [1.807, 2.05) is 18.3 Å². The van der Waals surface area contributed by atoms with Crippen LogP contribution in [0.25, 0.3) is 0 Å². The van der Waals surface area contributed by atoms with Crippen LogP contribution in [0.4, 0.5) is 0 Å². The second-order valence-electron chi connectivity index (χ2n) is 7.64. The first kappa shape index (κ1) is 19.8. The fraction of sp³-hybridized carbons (Fsp3) is 0.524. The summed E-state index contributed by atoms with van der Waals surface area (Å²) in [4.78, 5) is 6.95. The van der Waals surface area contributed by atoms with Crippen LogP contribution in [-0.2, 0) is 11.3 Å². The van der Waals surface area contributed by atoms with Crippen molar-refractivity contribution in [2.75, 3.05) is 20.3 Å². The quantitative estimate of drug-likeness (QED) is 0.734. The Morgan fingerprint density at radius 2 is 2.07 bits per heavy atom. The first-order valence-electron chi connectivity index (χ1n) is 9.57. The van der Waals surface area contributed by atoms with E-state index in [2.05, 4.69) is 59.6 Å². The summed E-state index contributed by atoms with van der Waals surface area (Å²) in [7, 11) is 1.75. The van der Waals surface area contributed by atoms with Crippen molar-refractivity contribution in [2.45, 2.75) is 46.3 Å². The zero-order valence-corrected chi connectivity index (χ0v) is 17.7. The van der Waals surface area contributed by atoms with Crippen LogP contribution in [0.2, 0.25) is 0 Å². The molecule has 2 aromatic heterocycles. The lowest BCUT2D eigenvalue weighted by molar-refractivity contribution is 0.186. The van der Waals surface area contributed by atoms with Crippen molar-refractivity contribution in [3.05, 3.63) is 53.1 Å². The average molecular weight is 387 g/mol. The Balaban J connectivity index is 2.05. The molecule has 0 amide bonds. The summed E-state index contributed by atoms with van der Waals surface area (Å²) in [6, 6.07) is 8.56.